The Labute approximate surface area is 109 Å². The van der Waals surface area contributed by atoms with E-state index < -0.39 is 0 Å². The van der Waals surface area contributed by atoms with Crippen LogP contribution in [0.3, 0.4) is 0 Å². The normalized spacial score (nSPS) is 11.1. The van der Waals surface area contributed by atoms with Crippen molar-refractivity contribution in [3.05, 3.63) is 45.6 Å². The smallest absolute Gasteiger partial charge is 0.323 e. The highest BCUT2D eigenvalue weighted by Crippen LogP contribution is 2.17. The lowest BCUT2D eigenvalue weighted by Crippen LogP contribution is -2.01. The lowest BCUT2D eigenvalue weighted by molar-refractivity contribution is 1.02. The maximum atomic E-state index is 11.2. The molecule has 6 heteroatoms. The van der Waals surface area contributed by atoms with E-state index in [1.807, 2.05) is 32.0 Å². The van der Waals surface area contributed by atoms with Gasteiger partial charge < -0.3 is 15.3 Å². The molecule has 0 spiro atoms. The van der Waals surface area contributed by atoms with Gasteiger partial charge in [0.25, 0.3) is 0 Å². The molecule has 0 saturated carbocycles. The fourth-order valence-corrected chi connectivity index (χ4v) is 2.17. The zero-order chi connectivity index (χ0) is 13.4. The van der Waals surface area contributed by atoms with Gasteiger partial charge in [-0.1, -0.05) is 0 Å². The Balaban J connectivity index is 1.83. The van der Waals surface area contributed by atoms with Crippen LogP contribution in [-0.4, -0.2) is 20.2 Å². The molecule has 2 heterocycles. The maximum absolute atomic E-state index is 11.2. The van der Waals surface area contributed by atoms with E-state index in [-0.39, 0.29) is 5.69 Å². The van der Waals surface area contributed by atoms with Crippen LogP contribution in [0.25, 0.3) is 11.0 Å². The fourth-order valence-electron chi connectivity index (χ4n) is 2.17. The van der Waals surface area contributed by atoms with Gasteiger partial charge in [0, 0.05) is 23.5 Å². The van der Waals surface area contributed by atoms with Crippen LogP contribution in [-0.2, 0) is 6.54 Å². The van der Waals surface area contributed by atoms with Crippen LogP contribution in [0.1, 0.15) is 17.0 Å². The van der Waals surface area contributed by atoms with Gasteiger partial charge in [-0.15, -0.1) is 0 Å². The molecule has 0 amide bonds. The van der Waals surface area contributed by atoms with E-state index in [9.17, 15) is 4.79 Å². The minimum absolute atomic E-state index is 0.186. The number of nitrogens with zero attached hydrogens (tertiary/aromatic N) is 1. The van der Waals surface area contributed by atoms with E-state index in [1.54, 1.807) is 0 Å². The van der Waals surface area contributed by atoms with Gasteiger partial charge in [-0.25, -0.2) is 4.79 Å². The molecule has 2 aromatic heterocycles. The van der Waals surface area contributed by atoms with Crippen molar-refractivity contribution < 1.29 is 0 Å². The molecular weight excluding hydrogens is 242 g/mol. The molecule has 4 N–H and O–H groups in total. The standard InChI is InChI=1S/C13H15N5O/c1-7-10(8(2)18-17-7)6-14-9-3-4-11-12(5-9)16-13(19)15-11/h3-5,14H,6H2,1-2H3,(H,17,18)(H2,15,16,19). The zero-order valence-corrected chi connectivity index (χ0v) is 10.8. The third kappa shape index (κ3) is 2.12. The number of aryl methyl sites for hydroxylation is 2. The Morgan fingerprint density at radius 2 is 2.00 bits per heavy atom. The monoisotopic (exact) mass is 257 g/mol. The summed E-state index contributed by atoms with van der Waals surface area (Å²) in [4.78, 5) is 16.7. The summed E-state index contributed by atoms with van der Waals surface area (Å²) in [5.41, 5.74) is 5.63. The molecule has 3 aromatic rings. The molecule has 0 saturated heterocycles. The second kappa shape index (κ2) is 4.31. The number of nitrogens with one attached hydrogen (secondary N) is 4. The molecule has 3 rings (SSSR count). The number of benzene rings is 1. The summed E-state index contributed by atoms with van der Waals surface area (Å²) in [6, 6.07) is 5.74. The molecular formula is C13H15N5O. The first kappa shape index (κ1) is 11.6. The lowest BCUT2D eigenvalue weighted by Gasteiger charge is -2.06. The van der Waals surface area contributed by atoms with Crippen LogP contribution in [0.15, 0.2) is 23.0 Å². The Hall–Kier alpha value is -2.50. The second-order valence-electron chi connectivity index (χ2n) is 4.61. The Morgan fingerprint density at radius 3 is 2.74 bits per heavy atom. The van der Waals surface area contributed by atoms with Crippen LogP contribution >= 0.6 is 0 Å². The van der Waals surface area contributed by atoms with E-state index in [0.717, 1.165) is 28.1 Å². The van der Waals surface area contributed by atoms with E-state index in [0.29, 0.717) is 6.54 Å². The molecule has 1 aromatic carbocycles. The van der Waals surface area contributed by atoms with Gasteiger partial charge in [-0.2, -0.15) is 5.10 Å². The predicted molar refractivity (Wildman–Crippen MR) is 74.3 cm³/mol. The molecule has 98 valence electrons. The number of imidazole rings is 1. The highest BCUT2D eigenvalue weighted by atomic mass is 16.1. The number of fused-ring (bicyclic) bond motifs is 1. The lowest BCUT2D eigenvalue weighted by atomic mass is 10.2. The van der Waals surface area contributed by atoms with Crippen LogP contribution in [0.5, 0.6) is 0 Å². The van der Waals surface area contributed by atoms with Gasteiger partial charge in [-0.3, -0.25) is 5.10 Å². The average molecular weight is 257 g/mol. The minimum atomic E-state index is -0.186. The van der Waals surface area contributed by atoms with Crippen molar-refractivity contribution >= 4 is 16.7 Å². The highest BCUT2D eigenvalue weighted by Gasteiger charge is 2.06. The molecule has 0 aliphatic rings. The van der Waals surface area contributed by atoms with Gasteiger partial charge >= 0.3 is 5.69 Å². The number of aromatic nitrogens is 4. The Kier molecular flexibility index (Phi) is 2.63. The third-order valence-electron chi connectivity index (χ3n) is 3.27. The molecule has 0 unspecified atom stereocenters. The van der Waals surface area contributed by atoms with Gasteiger partial charge in [-0.05, 0) is 32.0 Å². The van der Waals surface area contributed by atoms with Crippen molar-refractivity contribution in [2.75, 3.05) is 5.32 Å². The topological polar surface area (TPSA) is 89.4 Å². The number of hydrogen-bond acceptors (Lipinski definition) is 3. The predicted octanol–water partition coefficient (Wildman–Crippen LogP) is 1.81. The van der Waals surface area contributed by atoms with Crippen molar-refractivity contribution in [3.63, 3.8) is 0 Å². The van der Waals surface area contributed by atoms with Gasteiger partial charge in [0.2, 0.25) is 0 Å². The van der Waals surface area contributed by atoms with Crippen LogP contribution < -0.4 is 11.0 Å². The van der Waals surface area contributed by atoms with E-state index in [4.69, 9.17) is 0 Å². The quantitative estimate of drug-likeness (QED) is 0.577. The molecule has 0 radical (unpaired) electrons. The van der Waals surface area contributed by atoms with Crippen molar-refractivity contribution in [3.8, 4) is 0 Å². The van der Waals surface area contributed by atoms with Crippen LogP contribution in [0.2, 0.25) is 0 Å². The first-order valence-electron chi connectivity index (χ1n) is 6.10. The average Bonchev–Trinajstić information content (AvgIpc) is 2.89. The van der Waals surface area contributed by atoms with Crippen LogP contribution in [0.4, 0.5) is 5.69 Å². The summed E-state index contributed by atoms with van der Waals surface area (Å²) >= 11 is 0. The number of rotatable bonds is 3. The van der Waals surface area contributed by atoms with Crippen LogP contribution in [0, 0.1) is 13.8 Å². The molecule has 6 nitrogen and oxygen atoms in total. The fraction of sp³-hybridized carbons (Fsp3) is 0.231. The summed E-state index contributed by atoms with van der Waals surface area (Å²) in [6.07, 6.45) is 0. The number of aromatic amines is 3. The van der Waals surface area contributed by atoms with Crippen molar-refractivity contribution in [2.45, 2.75) is 20.4 Å². The van der Waals surface area contributed by atoms with E-state index in [2.05, 4.69) is 25.5 Å². The summed E-state index contributed by atoms with van der Waals surface area (Å²) in [5, 5.41) is 10.5. The zero-order valence-electron chi connectivity index (χ0n) is 10.8. The maximum Gasteiger partial charge on any atom is 0.323 e. The largest absolute Gasteiger partial charge is 0.381 e. The summed E-state index contributed by atoms with van der Waals surface area (Å²) < 4.78 is 0. The number of H-pyrrole nitrogens is 3. The van der Waals surface area contributed by atoms with Gasteiger partial charge in [0.1, 0.15) is 0 Å². The van der Waals surface area contributed by atoms with Gasteiger partial charge in [0.15, 0.2) is 0 Å². The second-order valence-corrected chi connectivity index (χ2v) is 4.61. The van der Waals surface area contributed by atoms with Gasteiger partial charge in [0.05, 0.1) is 16.7 Å². The van der Waals surface area contributed by atoms with E-state index in [1.165, 1.54) is 5.56 Å². The van der Waals surface area contributed by atoms with Crippen molar-refractivity contribution in [1.82, 2.24) is 20.2 Å². The SMILES string of the molecule is Cc1n[nH]c(C)c1CNc1ccc2[nH]c(=O)[nH]c2c1. The summed E-state index contributed by atoms with van der Waals surface area (Å²) in [5.74, 6) is 0. The third-order valence-corrected chi connectivity index (χ3v) is 3.27. The van der Waals surface area contributed by atoms with Crippen molar-refractivity contribution in [2.24, 2.45) is 0 Å². The molecule has 0 fully saturated rings. The first-order valence-corrected chi connectivity index (χ1v) is 6.10. The highest BCUT2D eigenvalue weighted by molar-refractivity contribution is 5.78. The molecule has 0 aliphatic heterocycles. The summed E-state index contributed by atoms with van der Waals surface area (Å²) in [7, 11) is 0. The Morgan fingerprint density at radius 1 is 1.21 bits per heavy atom. The Bertz CT molecular complexity index is 760. The minimum Gasteiger partial charge on any atom is -0.381 e. The number of hydrogen-bond donors (Lipinski definition) is 4. The van der Waals surface area contributed by atoms with Crippen molar-refractivity contribution in [1.29, 1.82) is 0 Å². The molecule has 0 atom stereocenters. The first-order chi connectivity index (χ1) is 9.13. The number of anilines is 1. The van der Waals surface area contributed by atoms with E-state index >= 15 is 0 Å². The molecule has 0 bridgehead atoms. The molecule has 19 heavy (non-hydrogen) atoms. The molecule has 0 aliphatic carbocycles. The summed E-state index contributed by atoms with van der Waals surface area (Å²) in [6.45, 7) is 4.69.